The fourth-order valence-electron chi connectivity index (χ4n) is 8.88. The summed E-state index contributed by atoms with van der Waals surface area (Å²) in [5.41, 5.74) is 0.722. The molecule has 0 spiro atoms. The Morgan fingerprint density at radius 1 is 1.21 bits per heavy atom. The number of rotatable bonds is 4. The maximum Gasteiger partial charge on any atom is 0.222 e. The van der Waals surface area contributed by atoms with Crippen molar-refractivity contribution >= 4 is 5.91 Å². The number of fused-ring (bicyclic) bond motifs is 5. The van der Waals surface area contributed by atoms with Crippen molar-refractivity contribution in [3.8, 4) is 0 Å². The van der Waals surface area contributed by atoms with Crippen molar-refractivity contribution in [2.24, 2.45) is 40.4 Å². The number of hydrogen-bond donors (Lipinski definition) is 0. The number of nitrogens with zero attached hydrogens (tertiary/aromatic N) is 1. The van der Waals surface area contributed by atoms with Crippen molar-refractivity contribution in [3.63, 3.8) is 0 Å². The molecule has 3 saturated carbocycles. The average Bonchev–Trinajstić information content (AvgIpc) is 2.93. The second kappa shape index (κ2) is 7.15. The van der Waals surface area contributed by atoms with Gasteiger partial charge in [0.15, 0.2) is 0 Å². The van der Waals surface area contributed by atoms with Crippen molar-refractivity contribution in [3.05, 3.63) is 12.7 Å². The molecule has 0 N–H and O–H groups in total. The molecule has 3 nitrogen and oxygen atoms in total. The Morgan fingerprint density at radius 2 is 1.96 bits per heavy atom. The molecule has 0 bridgehead atoms. The first kappa shape index (κ1) is 20.4. The highest BCUT2D eigenvalue weighted by molar-refractivity contribution is 5.77. The standard InChI is InChI=1S/C25H41NO2/c1-7-14-28-17(3)23-16(2)15-20-18-8-9-21-24(4,13-11-22(27)26(21)6)19(18)10-12-25(20,23)5/h7,16-21,23H,1,8-15H2,2-6H3/t16?,17?,18-,19+,20+,21?,23-,24-,25+/m1/s1. The highest BCUT2D eigenvalue weighted by Gasteiger charge is 2.63. The normalized spacial score (nSPS) is 49.2. The molecule has 1 amide bonds. The van der Waals surface area contributed by atoms with Gasteiger partial charge in [-0.05, 0) is 85.9 Å². The fourth-order valence-corrected chi connectivity index (χ4v) is 8.88. The first-order valence-corrected chi connectivity index (χ1v) is 11.7. The van der Waals surface area contributed by atoms with Crippen molar-refractivity contribution in [2.75, 3.05) is 13.7 Å². The van der Waals surface area contributed by atoms with Crippen LogP contribution in [0.25, 0.3) is 0 Å². The monoisotopic (exact) mass is 387 g/mol. The van der Waals surface area contributed by atoms with Crippen LogP contribution in [0.2, 0.25) is 0 Å². The van der Waals surface area contributed by atoms with Crippen LogP contribution in [0.3, 0.4) is 0 Å². The van der Waals surface area contributed by atoms with Gasteiger partial charge in [0.1, 0.15) is 0 Å². The van der Waals surface area contributed by atoms with E-state index in [1.807, 2.05) is 6.08 Å². The van der Waals surface area contributed by atoms with E-state index in [0.29, 0.717) is 41.4 Å². The van der Waals surface area contributed by atoms with E-state index >= 15 is 0 Å². The number of piperidine rings is 1. The van der Waals surface area contributed by atoms with Crippen LogP contribution in [-0.2, 0) is 9.53 Å². The largest absolute Gasteiger partial charge is 0.374 e. The molecule has 0 aromatic carbocycles. The summed E-state index contributed by atoms with van der Waals surface area (Å²) >= 11 is 0. The van der Waals surface area contributed by atoms with Gasteiger partial charge in [-0.3, -0.25) is 4.79 Å². The zero-order chi connectivity index (χ0) is 20.3. The minimum Gasteiger partial charge on any atom is -0.374 e. The zero-order valence-corrected chi connectivity index (χ0v) is 18.7. The molecule has 1 aliphatic heterocycles. The molecule has 9 atom stereocenters. The third-order valence-corrected chi connectivity index (χ3v) is 9.98. The molecule has 28 heavy (non-hydrogen) atoms. The van der Waals surface area contributed by atoms with E-state index in [0.717, 1.165) is 36.5 Å². The summed E-state index contributed by atoms with van der Waals surface area (Å²) in [7, 11) is 2.06. The number of ether oxygens (including phenoxy) is 1. The van der Waals surface area contributed by atoms with Crippen molar-refractivity contribution in [1.29, 1.82) is 0 Å². The van der Waals surface area contributed by atoms with E-state index in [-0.39, 0.29) is 0 Å². The van der Waals surface area contributed by atoms with Crippen LogP contribution in [0.5, 0.6) is 0 Å². The number of carbonyl (C=O) groups is 1. The molecular weight excluding hydrogens is 346 g/mol. The molecule has 3 aliphatic carbocycles. The average molecular weight is 388 g/mol. The van der Waals surface area contributed by atoms with Crippen molar-refractivity contribution in [2.45, 2.75) is 84.8 Å². The van der Waals surface area contributed by atoms with Gasteiger partial charge in [-0.15, -0.1) is 6.58 Å². The van der Waals surface area contributed by atoms with Crippen LogP contribution in [0, 0.1) is 40.4 Å². The topological polar surface area (TPSA) is 29.5 Å². The van der Waals surface area contributed by atoms with Gasteiger partial charge in [0.25, 0.3) is 0 Å². The lowest BCUT2D eigenvalue weighted by molar-refractivity contribution is -0.160. The summed E-state index contributed by atoms with van der Waals surface area (Å²) in [5, 5.41) is 0. The minimum atomic E-state index is 0.310. The van der Waals surface area contributed by atoms with E-state index in [1.165, 1.54) is 32.1 Å². The Hall–Kier alpha value is -0.830. The van der Waals surface area contributed by atoms with Crippen LogP contribution in [0.15, 0.2) is 12.7 Å². The fraction of sp³-hybridized carbons (Fsp3) is 0.880. The lowest BCUT2D eigenvalue weighted by Crippen LogP contribution is -2.61. The maximum atomic E-state index is 12.3. The molecule has 1 heterocycles. The Bertz CT molecular complexity index is 632. The summed E-state index contributed by atoms with van der Waals surface area (Å²) in [4.78, 5) is 14.4. The van der Waals surface area contributed by atoms with Gasteiger partial charge in [-0.2, -0.15) is 0 Å². The van der Waals surface area contributed by atoms with Gasteiger partial charge in [0, 0.05) is 19.5 Å². The Balaban J connectivity index is 1.59. The Labute approximate surface area is 172 Å². The molecule has 3 unspecified atom stereocenters. The molecule has 4 fully saturated rings. The number of likely N-dealkylation sites (tertiary alicyclic amines) is 1. The predicted molar refractivity (Wildman–Crippen MR) is 114 cm³/mol. The summed E-state index contributed by atoms with van der Waals surface area (Å²) in [6.07, 6.45) is 10.6. The van der Waals surface area contributed by atoms with Gasteiger partial charge < -0.3 is 9.64 Å². The maximum absolute atomic E-state index is 12.3. The molecular formula is C25H41NO2. The Morgan fingerprint density at radius 3 is 2.68 bits per heavy atom. The van der Waals surface area contributed by atoms with Crippen LogP contribution in [-0.4, -0.2) is 36.6 Å². The lowest BCUT2D eigenvalue weighted by atomic mass is 9.46. The van der Waals surface area contributed by atoms with Crippen molar-refractivity contribution in [1.82, 2.24) is 4.90 Å². The third-order valence-electron chi connectivity index (χ3n) is 9.98. The third kappa shape index (κ3) is 2.82. The molecule has 3 heteroatoms. The second-order valence-electron chi connectivity index (χ2n) is 11.1. The van der Waals surface area contributed by atoms with E-state index in [1.54, 1.807) is 0 Å². The quantitative estimate of drug-likeness (QED) is 0.612. The molecule has 0 aromatic heterocycles. The highest BCUT2D eigenvalue weighted by atomic mass is 16.5. The van der Waals surface area contributed by atoms with Gasteiger partial charge in [0.05, 0.1) is 12.7 Å². The first-order chi connectivity index (χ1) is 13.2. The van der Waals surface area contributed by atoms with Crippen LogP contribution >= 0.6 is 0 Å². The van der Waals surface area contributed by atoms with E-state index in [9.17, 15) is 4.79 Å². The highest BCUT2D eigenvalue weighted by Crippen LogP contribution is 2.67. The van der Waals surface area contributed by atoms with E-state index in [4.69, 9.17) is 4.74 Å². The lowest BCUT2D eigenvalue weighted by Gasteiger charge is -2.62. The second-order valence-corrected chi connectivity index (χ2v) is 11.1. The van der Waals surface area contributed by atoms with Crippen molar-refractivity contribution < 1.29 is 9.53 Å². The SMILES string of the molecule is C=CCOC(C)[C@H]1C(C)C[C@H]2[C@@H]3CCC4N(C)C(=O)CC[C@]4(C)[C@H]3CC[C@]12C. The van der Waals surface area contributed by atoms with Crippen LogP contribution in [0.4, 0.5) is 0 Å². The molecule has 4 rings (SSSR count). The van der Waals surface area contributed by atoms with Crippen LogP contribution in [0.1, 0.15) is 72.6 Å². The number of hydrogen-bond acceptors (Lipinski definition) is 2. The van der Waals surface area contributed by atoms with Gasteiger partial charge >= 0.3 is 0 Å². The smallest absolute Gasteiger partial charge is 0.222 e. The zero-order valence-electron chi connectivity index (χ0n) is 18.7. The van der Waals surface area contributed by atoms with Gasteiger partial charge in [0.2, 0.25) is 5.91 Å². The Kier molecular flexibility index (Phi) is 5.22. The molecule has 0 aromatic rings. The molecule has 1 saturated heterocycles. The van der Waals surface area contributed by atoms with Gasteiger partial charge in [-0.1, -0.05) is 26.8 Å². The summed E-state index contributed by atoms with van der Waals surface area (Å²) < 4.78 is 6.17. The molecule has 0 radical (unpaired) electrons. The summed E-state index contributed by atoms with van der Waals surface area (Å²) in [6, 6.07) is 0.462. The summed E-state index contributed by atoms with van der Waals surface area (Å²) in [6.45, 7) is 14.4. The predicted octanol–water partition coefficient (Wildman–Crippen LogP) is 5.30. The van der Waals surface area contributed by atoms with E-state index in [2.05, 4.69) is 46.2 Å². The van der Waals surface area contributed by atoms with Crippen LogP contribution < -0.4 is 0 Å². The van der Waals surface area contributed by atoms with Gasteiger partial charge in [-0.25, -0.2) is 0 Å². The van der Waals surface area contributed by atoms with E-state index < -0.39 is 0 Å². The summed E-state index contributed by atoms with van der Waals surface area (Å²) in [5.74, 6) is 4.19. The first-order valence-electron chi connectivity index (χ1n) is 11.7. The number of carbonyl (C=O) groups excluding carboxylic acids is 1. The number of amides is 1. The molecule has 158 valence electrons. The molecule has 4 aliphatic rings. The minimum absolute atomic E-state index is 0.310.